The monoisotopic (exact) mass is 1260 g/mol. The Kier molecular flexibility index (Phi) is 26.4. The normalized spacial score (nSPS) is 29.9. The summed E-state index contributed by atoms with van der Waals surface area (Å²) in [6.45, 7) is 13.2. The SMILES string of the molecule is C.C.CCC1OC(n2ccc(NC(=O)C(C)C)nc2=O)CC1OP1O[C@]2(CCc3ccccc32)[C@@H]2CCCN21.CC[C@H]1O[C@@H](n2ccc(NC(=O)C(C)C)nc2=O)CC1O.ClP1O[C@]2(CCc3ccccc32)[C@@H]2CCCN21.S.S.S.S. The Balaban J connectivity index is 0.000000274. The number of carbonyl (C=O) groups excluding carboxylic acids is 2. The third-order valence-electron chi connectivity index (χ3n) is 16.1. The van der Waals surface area contributed by atoms with Crippen LogP contribution in [-0.2, 0) is 56.7 Å². The van der Waals surface area contributed by atoms with Crippen LogP contribution in [0.25, 0.3) is 0 Å². The van der Waals surface area contributed by atoms with Gasteiger partial charge in [-0.25, -0.2) is 18.9 Å². The molecule has 452 valence electrons. The summed E-state index contributed by atoms with van der Waals surface area (Å²) in [4.78, 5) is 56.3. The zero-order chi connectivity index (χ0) is 52.8. The van der Waals surface area contributed by atoms with Crippen molar-refractivity contribution in [3.63, 3.8) is 0 Å². The predicted molar refractivity (Wildman–Crippen MR) is 342 cm³/mol. The number of amides is 2. The van der Waals surface area contributed by atoms with Crippen molar-refractivity contribution in [2.24, 2.45) is 11.8 Å². The van der Waals surface area contributed by atoms with E-state index >= 15 is 0 Å². The van der Waals surface area contributed by atoms with Crippen molar-refractivity contribution in [3.8, 4) is 0 Å². The van der Waals surface area contributed by atoms with Crippen LogP contribution in [0.2, 0.25) is 0 Å². The standard InChI is InChI=1S/C27H35N4O5P.C14H21N3O4.C13H15ClNOP.2CH4.4H2S/c1-4-20-21(16-24(34-20)30-15-12-23(29-26(30)33)28-25(32)17(2)3)35-37-31-14-7-10-22(31)27(36-37)13-11-18-8-5-6-9-19(18)27;1-4-10-9(18)7-12(21-10)17-6-5-11(16-14(17)20)15-13(19)8(2)3;14-17-15-9-3-6-12(15)13(16-17)8-7-10-4-1-2-5-11(10)13;;;;;;/h5-6,8-9,12,15,17,20-22,24H,4,7,10-11,13-14,16H2,1-3H3,(H,28,29,32,33);5-6,8-10,12,18H,4,7H2,1-3H3,(H,15,16,19,20);1-2,4-5,12H,3,6-9H2;2*1H4;4*1H2/t20?,21?,22-,24?,27-,37?;9?,10-,12-;12-,13-,17?;;;;;;/m010....../s1. The maximum absolute atomic E-state index is 12.8. The number of hydrogen-bond donors (Lipinski definition) is 3. The number of hydrogen-bond acceptors (Lipinski definition) is 14. The predicted octanol–water partition coefficient (Wildman–Crippen LogP) is 10.9. The lowest BCUT2D eigenvalue weighted by molar-refractivity contribution is -0.119. The molecule has 0 bridgehead atoms. The van der Waals surface area contributed by atoms with Crippen molar-refractivity contribution in [1.82, 2.24) is 28.4 Å². The number of aliphatic hydroxyl groups is 1. The van der Waals surface area contributed by atoms with Crippen molar-refractivity contribution >= 4 is 105 Å². The molecule has 4 aromatic rings. The Morgan fingerprint density at radius 1 is 0.704 bits per heavy atom. The molecule has 2 aromatic heterocycles. The number of nitrogens with one attached hydrogen (secondary N) is 2. The molecular weight excluding hydrogens is 1170 g/mol. The van der Waals surface area contributed by atoms with Gasteiger partial charge in [-0.05, 0) is 110 Å². The number of rotatable bonds is 10. The van der Waals surface area contributed by atoms with Crippen molar-refractivity contribution < 1.29 is 37.7 Å². The van der Waals surface area contributed by atoms with Crippen LogP contribution in [0.1, 0.15) is 155 Å². The van der Waals surface area contributed by atoms with Gasteiger partial charge in [0.15, 0.2) is 0 Å². The zero-order valence-electron chi connectivity index (χ0n) is 45.7. The van der Waals surface area contributed by atoms with E-state index in [9.17, 15) is 24.3 Å². The molecule has 0 saturated carbocycles. The molecule has 2 aliphatic carbocycles. The van der Waals surface area contributed by atoms with Gasteiger partial charge in [-0.1, -0.05) is 105 Å². The summed E-state index contributed by atoms with van der Waals surface area (Å²) in [5.41, 5.74) is 4.26. The number of aryl methyl sites for hydroxylation is 2. The molecule has 2 amide bonds. The lowest BCUT2D eigenvalue weighted by Gasteiger charge is -2.29. The highest BCUT2D eigenvalue weighted by molar-refractivity contribution is 7.78. The van der Waals surface area contributed by atoms with Crippen LogP contribution in [0.15, 0.2) is 82.6 Å². The molecule has 6 fully saturated rings. The number of anilines is 2. The third kappa shape index (κ3) is 14.3. The zero-order valence-corrected chi connectivity index (χ0v) is 52.2. The summed E-state index contributed by atoms with van der Waals surface area (Å²) < 4.78 is 39.5. The molecule has 2 spiro atoms. The molecule has 3 N–H and O–H groups in total. The highest BCUT2D eigenvalue weighted by Crippen LogP contribution is 2.69. The minimum atomic E-state index is -1.23. The van der Waals surface area contributed by atoms with E-state index in [4.69, 9.17) is 34.3 Å². The Morgan fingerprint density at radius 2 is 1.16 bits per heavy atom. The van der Waals surface area contributed by atoms with Gasteiger partial charge in [0, 0.05) is 50.2 Å². The second kappa shape index (κ2) is 30.1. The minimum Gasteiger partial charge on any atom is -0.390 e. The average Bonchev–Trinajstić information content (AvgIpc) is 3.81. The Morgan fingerprint density at radius 3 is 1.64 bits per heavy atom. The smallest absolute Gasteiger partial charge is 0.351 e. The second-order valence-electron chi connectivity index (χ2n) is 21.4. The van der Waals surface area contributed by atoms with Crippen molar-refractivity contribution in [3.05, 3.63) is 116 Å². The fourth-order valence-corrected chi connectivity index (χ4v) is 16.7. The maximum Gasteiger partial charge on any atom is 0.351 e. The molecule has 2 aromatic carbocycles. The number of carbonyl (C=O) groups is 2. The summed E-state index contributed by atoms with van der Waals surface area (Å²) >= 11 is 6.42. The van der Waals surface area contributed by atoms with E-state index in [-0.39, 0.29) is 134 Å². The van der Waals surface area contributed by atoms with Gasteiger partial charge >= 0.3 is 11.4 Å². The molecule has 6 aliphatic heterocycles. The van der Waals surface area contributed by atoms with Crippen LogP contribution in [0.3, 0.4) is 0 Å². The van der Waals surface area contributed by atoms with Crippen LogP contribution >= 0.6 is 81.4 Å². The molecule has 25 heteroatoms. The highest BCUT2D eigenvalue weighted by atomic mass is 35.7. The highest BCUT2D eigenvalue weighted by Gasteiger charge is 2.61. The van der Waals surface area contributed by atoms with Crippen LogP contribution in [-0.4, -0.2) is 95.0 Å². The summed E-state index contributed by atoms with van der Waals surface area (Å²) in [5, 5.41) is 15.1. The lowest BCUT2D eigenvalue weighted by Crippen LogP contribution is -2.37. The Bertz CT molecular complexity index is 2870. The second-order valence-corrected chi connectivity index (χ2v) is 24.8. The number of benzene rings is 2. The first-order valence-corrected chi connectivity index (χ1v) is 30.2. The van der Waals surface area contributed by atoms with Gasteiger partial charge in [-0.15, -0.1) is 0 Å². The lowest BCUT2D eigenvalue weighted by atomic mass is 9.87. The first-order valence-electron chi connectivity index (χ1n) is 26.9. The first kappa shape index (κ1) is 70.9. The molecule has 12 atom stereocenters. The fraction of sp³-hybridized carbons (Fsp3) is 0.607. The first-order chi connectivity index (χ1) is 36.1. The van der Waals surface area contributed by atoms with Crippen molar-refractivity contribution in [2.75, 3.05) is 23.7 Å². The summed E-state index contributed by atoms with van der Waals surface area (Å²) in [6.07, 6.45) is 12.4. The average molecular weight is 1260 g/mol. The number of halogens is 1. The number of nitrogens with zero attached hydrogens (tertiary/aromatic N) is 6. The van der Waals surface area contributed by atoms with Crippen LogP contribution in [0, 0.1) is 11.8 Å². The Labute approximate surface area is 513 Å². The van der Waals surface area contributed by atoms with E-state index in [1.807, 2.05) is 6.92 Å². The van der Waals surface area contributed by atoms with Crippen LogP contribution in [0.5, 0.6) is 0 Å². The molecule has 8 heterocycles. The summed E-state index contributed by atoms with van der Waals surface area (Å²) in [7, 11) is -2.11. The fourth-order valence-electron chi connectivity index (χ4n) is 12.2. The molecule has 8 aliphatic rings. The van der Waals surface area contributed by atoms with E-state index < -0.39 is 46.1 Å². The number of fused-ring (bicyclic) bond motifs is 8. The van der Waals surface area contributed by atoms with Gasteiger partial charge in [0.25, 0.3) is 8.53 Å². The van der Waals surface area contributed by atoms with Gasteiger partial charge in [-0.2, -0.15) is 64.0 Å². The molecular formula is C56H87ClN8O10P2S4. The van der Waals surface area contributed by atoms with Crippen molar-refractivity contribution in [1.29, 1.82) is 0 Å². The summed E-state index contributed by atoms with van der Waals surface area (Å²) in [6, 6.07) is 21.5. The van der Waals surface area contributed by atoms with Crippen LogP contribution < -0.4 is 22.0 Å². The third-order valence-corrected chi connectivity index (χ3v) is 20.1. The molecule has 81 heavy (non-hydrogen) atoms. The van der Waals surface area contributed by atoms with E-state index in [0.717, 1.165) is 58.0 Å². The number of aliphatic hydroxyl groups excluding tert-OH is 1. The van der Waals surface area contributed by atoms with E-state index in [1.54, 1.807) is 46.0 Å². The number of ether oxygens (including phenoxy) is 2. The molecule has 6 saturated heterocycles. The quantitative estimate of drug-likeness (QED) is 0.127. The van der Waals surface area contributed by atoms with Crippen molar-refractivity contribution in [2.45, 2.75) is 194 Å². The topological polar surface area (TPSA) is 201 Å². The Hall–Kier alpha value is -2.63. The van der Waals surface area contributed by atoms with Gasteiger partial charge in [-0.3, -0.25) is 18.7 Å². The van der Waals surface area contributed by atoms with E-state index in [0.29, 0.717) is 31.3 Å². The minimum absolute atomic E-state index is 0. The van der Waals surface area contributed by atoms with Gasteiger partial charge < -0.3 is 38.8 Å². The molecule has 0 radical (unpaired) electrons. The molecule has 18 nitrogen and oxygen atoms in total. The molecule has 6 unspecified atom stereocenters. The van der Waals surface area contributed by atoms with Gasteiger partial charge in [0.2, 0.25) is 19.5 Å². The summed E-state index contributed by atoms with van der Waals surface area (Å²) in [5.74, 6) is -0.282. The largest absolute Gasteiger partial charge is 0.390 e. The van der Waals surface area contributed by atoms with E-state index in [2.05, 4.69) is 85.4 Å². The molecule has 12 rings (SSSR count). The maximum atomic E-state index is 12.8. The number of aromatic nitrogens is 4. The van der Waals surface area contributed by atoms with Gasteiger partial charge in [0.05, 0.1) is 36.5 Å². The van der Waals surface area contributed by atoms with Gasteiger partial charge in [0.1, 0.15) is 35.3 Å². The van der Waals surface area contributed by atoms with Crippen LogP contribution in [0.4, 0.5) is 11.6 Å². The van der Waals surface area contributed by atoms with E-state index in [1.165, 1.54) is 50.4 Å².